The van der Waals surface area contributed by atoms with E-state index in [4.69, 9.17) is 9.47 Å². The van der Waals surface area contributed by atoms with Crippen LogP contribution in [-0.2, 0) is 14.3 Å². The van der Waals surface area contributed by atoms with Gasteiger partial charge in [-0.05, 0) is 61.7 Å². The van der Waals surface area contributed by atoms with Gasteiger partial charge in [0.1, 0.15) is 6.61 Å². The highest BCUT2D eigenvalue weighted by atomic mass is 16.5. The molecule has 0 spiro atoms. The number of anilines is 2. The van der Waals surface area contributed by atoms with E-state index in [0.29, 0.717) is 56.1 Å². The van der Waals surface area contributed by atoms with Gasteiger partial charge >= 0.3 is 0 Å². The lowest BCUT2D eigenvalue weighted by Crippen LogP contribution is -2.42. The average Bonchev–Trinajstić information content (AvgIpc) is 3.16. The van der Waals surface area contributed by atoms with E-state index in [9.17, 15) is 14.4 Å². The van der Waals surface area contributed by atoms with Gasteiger partial charge in [-0.25, -0.2) is 0 Å². The van der Waals surface area contributed by atoms with Gasteiger partial charge in [0.05, 0.1) is 19.3 Å². The topological polar surface area (TPSA) is 88.2 Å². The SMILES string of the molecule is Cc1ccccc1C(=O)Nc1ccc(C(=O)N2CCCC(OCC(=O)N3CCOCC3)c3ccccc32)cc1. The quantitative estimate of drug-likeness (QED) is 0.506. The van der Waals surface area contributed by atoms with E-state index in [2.05, 4.69) is 5.32 Å². The summed E-state index contributed by atoms with van der Waals surface area (Å²) in [5.41, 5.74) is 4.35. The summed E-state index contributed by atoms with van der Waals surface area (Å²) in [7, 11) is 0. The fourth-order valence-corrected chi connectivity index (χ4v) is 5.05. The number of benzene rings is 3. The fourth-order valence-electron chi connectivity index (χ4n) is 5.05. The molecule has 1 N–H and O–H groups in total. The summed E-state index contributed by atoms with van der Waals surface area (Å²) in [6.07, 6.45) is 1.17. The zero-order valence-corrected chi connectivity index (χ0v) is 22.1. The highest BCUT2D eigenvalue weighted by molar-refractivity contribution is 6.08. The Morgan fingerprint density at radius 3 is 2.41 bits per heavy atom. The van der Waals surface area contributed by atoms with Crippen molar-refractivity contribution in [2.45, 2.75) is 25.9 Å². The third-order valence-electron chi connectivity index (χ3n) is 7.22. The predicted molar refractivity (Wildman–Crippen MR) is 149 cm³/mol. The second-order valence-corrected chi connectivity index (χ2v) is 9.80. The Morgan fingerprint density at radius 1 is 0.923 bits per heavy atom. The van der Waals surface area contributed by atoms with E-state index in [1.165, 1.54) is 0 Å². The minimum atomic E-state index is -0.275. The predicted octanol–water partition coefficient (Wildman–Crippen LogP) is 4.60. The van der Waals surface area contributed by atoms with Gasteiger partial charge in [0.25, 0.3) is 11.8 Å². The normalized spacial score (nSPS) is 17.2. The fraction of sp³-hybridized carbons (Fsp3) is 0.323. The van der Waals surface area contributed by atoms with Crippen molar-refractivity contribution in [2.24, 2.45) is 0 Å². The number of hydrogen-bond donors (Lipinski definition) is 1. The third-order valence-corrected chi connectivity index (χ3v) is 7.22. The number of aryl methyl sites for hydroxylation is 1. The Morgan fingerprint density at radius 2 is 1.64 bits per heavy atom. The molecule has 3 aromatic rings. The van der Waals surface area contributed by atoms with Crippen LogP contribution >= 0.6 is 0 Å². The average molecular weight is 528 g/mol. The maximum absolute atomic E-state index is 13.6. The molecule has 5 rings (SSSR count). The molecular weight excluding hydrogens is 494 g/mol. The monoisotopic (exact) mass is 527 g/mol. The van der Waals surface area contributed by atoms with Crippen LogP contribution in [0.3, 0.4) is 0 Å². The molecule has 1 atom stereocenters. The first-order valence-corrected chi connectivity index (χ1v) is 13.4. The standard InChI is InChI=1S/C31H33N3O5/c1-22-7-2-3-8-25(22)30(36)32-24-14-12-23(13-15-24)31(37)34-16-6-11-28(26-9-4-5-10-27(26)34)39-21-29(35)33-17-19-38-20-18-33/h2-5,7-10,12-15,28H,6,11,16-21H2,1H3,(H,32,36). The molecule has 1 saturated heterocycles. The van der Waals surface area contributed by atoms with E-state index in [1.54, 1.807) is 40.1 Å². The molecule has 0 radical (unpaired) electrons. The second-order valence-electron chi connectivity index (χ2n) is 9.80. The van der Waals surface area contributed by atoms with E-state index >= 15 is 0 Å². The highest BCUT2D eigenvalue weighted by Gasteiger charge is 2.28. The molecule has 0 bridgehead atoms. The Labute approximate surface area is 228 Å². The van der Waals surface area contributed by atoms with Crippen molar-refractivity contribution < 1.29 is 23.9 Å². The summed E-state index contributed by atoms with van der Waals surface area (Å²) >= 11 is 0. The number of fused-ring (bicyclic) bond motifs is 1. The molecule has 2 aliphatic heterocycles. The number of rotatable bonds is 6. The van der Waals surface area contributed by atoms with Crippen LogP contribution in [0, 0.1) is 6.92 Å². The highest BCUT2D eigenvalue weighted by Crippen LogP contribution is 2.36. The van der Waals surface area contributed by atoms with Crippen molar-refractivity contribution in [3.05, 3.63) is 95.1 Å². The van der Waals surface area contributed by atoms with E-state index < -0.39 is 0 Å². The minimum absolute atomic E-state index is 0.00261. The lowest BCUT2D eigenvalue weighted by atomic mass is 10.0. The molecule has 0 aliphatic carbocycles. The molecule has 0 saturated carbocycles. The molecule has 2 aliphatic rings. The molecule has 1 fully saturated rings. The molecule has 8 heteroatoms. The Kier molecular flexibility index (Phi) is 8.34. The molecule has 0 aromatic heterocycles. The van der Waals surface area contributed by atoms with Crippen LogP contribution in [0.2, 0.25) is 0 Å². The molecule has 1 unspecified atom stereocenters. The van der Waals surface area contributed by atoms with Crippen molar-refractivity contribution in [1.29, 1.82) is 0 Å². The molecule has 3 amide bonds. The van der Waals surface area contributed by atoms with Crippen LogP contribution in [0.25, 0.3) is 0 Å². The summed E-state index contributed by atoms with van der Waals surface area (Å²) in [6.45, 7) is 4.71. The maximum Gasteiger partial charge on any atom is 0.258 e. The van der Waals surface area contributed by atoms with Crippen LogP contribution in [0.1, 0.15) is 50.8 Å². The van der Waals surface area contributed by atoms with Gasteiger partial charge in [0, 0.05) is 47.7 Å². The lowest BCUT2D eigenvalue weighted by molar-refractivity contribution is -0.142. The Bertz CT molecular complexity index is 1330. The van der Waals surface area contributed by atoms with Crippen molar-refractivity contribution >= 4 is 29.1 Å². The lowest BCUT2D eigenvalue weighted by Gasteiger charge is -2.28. The van der Waals surface area contributed by atoms with Crippen molar-refractivity contribution in [3.8, 4) is 0 Å². The first kappa shape index (κ1) is 26.6. The van der Waals surface area contributed by atoms with Crippen molar-refractivity contribution in [3.63, 3.8) is 0 Å². The van der Waals surface area contributed by atoms with Crippen molar-refractivity contribution in [1.82, 2.24) is 4.90 Å². The van der Waals surface area contributed by atoms with Gasteiger partial charge in [0.15, 0.2) is 0 Å². The number of morpholine rings is 1. The van der Waals surface area contributed by atoms with Crippen molar-refractivity contribution in [2.75, 3.05) is 49.7 Å². The minimum Gasteiger partial charge on any atom is -0.378 e. The van der Waals surface area contributed by atoms with Gasteiger partial charge in [-0.3, -0.25) is 14.4 Å². The van der Waals surface area contributed by atoms with Gasteiger partial charge in [-0.2, -0.15) is 0 Å². The van der Waals surface area contributed by atoms with Gasteiger partial charge in [0.2, 0.25) is 5.91 Å². The number of para-hydroxylation sites is 1. The number of nitrogens with one attached hydrogen (secondary N) is 1. The Hall–Kier alpha value is -4.01. The van der Waals surface area contributed by atoms with Crippen LogP contribution in [0.15, 0.2) is 72.8 Å². The van der Waals surface area contributed by atoms with Gasteiger partial charge in [-0.1, -0.05) is 36.4 Å². The zero-order valence-electron chi connectivity index (χ0n) is 22.1. The second kappa shape index (κ2) is 12.2. The zero-order chi connectivity index (χ0) is 27.2. The molecule has 202 valence electrons. The first-order valence-electron chi connectivity index (χ1n) is 13.4. The van der Waals surface area contributed by atoms with Crippen LogP contribution in [-0.4, -0.2) is 62.1 Å². The third kappa shape index (κ3) is 6.19. The summed E-state index contributed by atoms with van der Waals surface area (Å²) in [5.74, 6) is -0.349. The van der Waals surface area contributed by atoms with Crippen LogP contribution in [0.5, 0.6) is 0 Å². The number of ether oxygens (including phenoxy) is 2. The largest absolute Gasteiger partial charge is 0.378 e. The molecule has 8 nitrogen and oxygen atoms in total. The van der Waals surface area contributed by atoms with Gasteiger partial charge < -0.3 is 24.6 Å². The van der Waals surface area contributed by atoms with Gasteiger partial charge in [-0.15, -0.1) is 0 Å². The number of nitrogens with zero attached hydrogens (tertiary/aromatic N) is 2. The van der Waals surface area contributed by atoms with E-state index in [1.807, 2.05) is 49.4 Å². The number of amides is 3. The smallest absolute Gasteiger partial charge is 0.258 e. The molecule has 2 heterocycles. The summed E-state index contributed by atoms with van der Waals surface area (Å²) in [6, 6.07) is 22.1. The number of carbonyl (C=O) groups excluding carboxylic acids is 3. The number of hydrogen-bond acceptors (Lipinski definition) is 5. The summed E-state index contributed by atoms with van der Waals surface area (Å²) in [5, 5.41) is 2.90. The Balaban J connectivity index is 1.27. The maximum atomic E-state index is 13.6. The van der Waals surface area contributed by atoms with E-state index in [0.717, 1.165) is 23.2 Å². The number of carbonyl (C=O) groups is 3. The summed E-state index contributed by atoms with van der Waals surface area (Å²) in [4.78, 5) is 42.5. The molecule has 3 aromatic carbocycles. The summed E-state index contributed by atoms with van der Waals surface area (Å²) < 4.78 is 11.5. The molecular formula is C31H33N3O5. The van der Waals surface area contributed by atoms with Crippen LogP contribution in [0.4, 0.5) is 11.4 Å². The van der Waals surface area contributed by atoms with E-state index in [-0.39, 0.29) is 30.4 Å². The molecule has 39 heavy (non-hydrogen) atoms. The first-order chi connectivity index (χ1) is 19.0. The van der Waals surface area contributed by atoms with Crippen LogP contribution < -0.4 is 10.2 Å².